The number of nitrogens with one attached hydrogen (secondary N) is 2. The molecule has 2 fully saturated rings. The van der Waals surface area contributed by atoms with Crippen molar-refractivity contribution in [3.63, 3.8) is 0 Å². The first-order valence-corrected chi connectivity index (χ1v) is 10.9. The summed E-state index contributed by atoms with van der Waals surface area (Å²) in [5.74, 6) is 1.39. The molecule has 0 unspecified atom stereocenters. The van der Waals surface area contributed by atoms with Crippen LogP contribution in [0.3, 0.4) is 0 Å². The van der Waals surface area contributed by atoms with Gasteiger partial charge in [0.1, 0.15) is 5.69 Å². The fraction of sp³-hybridized carbons (Fsp3) is 0.348. The van der Waals surface area contributed by atoms with E-state index in [1.54, 1.807) is 30.9 Å². The number of hydrogen-bond acceptors (Lipinski definition) is 8. The van der Waals surface area contributed by atoms with Crippen LogP contribution in [0.2, 0.25) is 0 Å². The molecule has 3 aromatic heterocycles. The molecule has 4 heterocycles. The zero-order valence-corrected chi connectivity index (χ0v) is 17.7. The molecule has 0 aromatic carbocycles. The van der Waals surface area contributed by atoms with Crippen LogP contribution in [0.15, 0.2) is 49.1 Å². The molecule has 164 valence electrons. The van der Waals surface area contributed by atoms with Gasteiger partial charge in [-0.1, -0.05) is 0 Å². The topological polar surface area (TPSA) is 105 Å². The summed E-state index contributed by atoms with van der Waals surface area (Å²) in [5.41, 5.74) is 2.62. The van der Waals surface area contributed by atoms with Gasteiger partial charge in [0.05, 0.1) is 24.2 Å². The molecule has 9 nitrogen and oxygen atoms in total. The third-order valence-corrected chi connectivity index (χ3v) is 5.55. The maximum atomic E-state index is 12.9. The van der Waals surface area contributed by atoms with Gasteiger partial charge < -0.3 is 20.3 Å². The van der Waals surface area contributed by atoms with Gasteiger partial charge in [-0.05, 0) is 37.0 Å². The summed E-state index contributed by atoms with van der Waals surface area (Å²) in [6, 6.07) is 7.18. The predicted octanol–water partition coefficient (Wildman–Crippen LogP) is 2.38. The highest BCUT2D eigenvalue weighted by Crippen LogP contribution is 2.29. The van der Waals surface area contributed by atoms with E-state index >= 15 is 0 Å². The molecule has 0 spiro atoms. The van der Waals surface area contributed by atoms with E-state index in [4.69, 9.17) is 4.74 Å². The quantitative estimate of drug-likeness (QED) is 0.588. The van der Waals surface area contributed by atoms with Crippen LogP contribution in [0.1, 0.15) is 23.3 Å². The Hall–Kier alpha value is -3.59. The van der Waals surface area contributed by atoms with Crippen LogP contribution in [0, 0.1) is 5.92 Å². The third-order valence-electron chi connectivity index (χ3n) is 5.55. The first-order chi connectivity index (χ1) is 15.8. The van der Waals surface area contributed by atoms with Crippen LogP contribution >= 0.6 is 0 Å². The molecule has 1 aliphatic heterocycles. The highest BCUT2D eigenvalue weighted by Gasteiger charge is 2.22. The average molecular weight is 432 g/mol. The van der Waals surface area contributed by atoms with E-state index in [2.05, 4.69) is 35.5 Å². The van der Waals surface area contributed by atoms with Crippen molar-refractivity contribution in [3.8, 4) is 17.3 Å². The van der Waals surface area contributed by atoms with E-state index in [-0.39, 0.29) is 11.6 Å². The second-order valence-electron chi connectivity index (χ2n) is 7.99. The van der Waals surface area contributed by atoms with Gasteiger partial charge in [0.15, 0.2) is 5.82 Å². The van der Waals surface area contributed by atoms with E-state index in [1.807, 2.05) is 18.2 Å². The lowest BCUT2D eigenvalue weighted by Crippen LogP contribution is -2.43. The zero-order chi connectivity index (χ0) is 21.8. The van der Waals surface area contributed by atoms with Gasteiger partial charge in [-0.2, -0.15) is 0 Å². The van der Waals surface area contributed by atoms with Gasteiger partial charge >= 0.3 is 0 Å². The van der Waals surface area contributed by atoms with Crippen LogP contribution in [-0.2, 0) is 0 Å². The van der Waals surface area contributed by atoms with Crippen molar-refractivity contribution < 1.29 is 9.53 Å². The summed E-state index contributed by atoms with van der Waals surface area (Å²) in [7, 11) is 0. The molecule has 32 heavy (non-hydrogen) atoms. The molecule has 1 saturated carbocycles. The molecule has 1 amide bonds. The molecule has 3 aromatic rings. The summed E-state index contributed by atoms with van der Waals surface area (Å²) in [4.78, 5) is 32.5. The minimum atomic E-state index is -0.310. The summed E-state index contributed by atoms with van der Waals surface area (Å²) in [6.45, 7) is 4.27. The van der Waals surface area contributed by atoms with Crippen molar-refractivity contribution in [1.82, 2.24) is 25.3 Å². The highest BCUT2D eigenvalue weighted by molar-refractivity contribution is 6.04. The normalized spacial score (nSPS) is 15.9. The lowest BCUT2D eigenvalue weighted by atomic mass is 10.2. The van der Waals surface area contributed by atoms with Crippen LogP contribution in [0.5, 0.6) is 5.88 Å². The molecule has 0 radical (unpaired) electrons. The number of carbonyl (C=O) groups is 1. The Morgan fingerprint density at radius 3 is 2.75 bits per heavy atom. The number of pyridine rings is 2. The Balaban J connectivity index is 1.30. The monoisotopic (exact) mass is 431 g/mol. The number of piperazine rings is 1. The average Bonchev–Trinajstić information content (AvgIpc) is 3.69. The summed E-state index contributed by atoms with van der Waals surface area (Å²) < 4.78 is 5.68. The van der Waals surface area contributed by atoms with Gasteiger partial charge in [-0.3, -0.25) is 9.78 Å². The van der Waals surface area contributed by atoms with Crippen molar-refractivity contribution in [2.45, 2.75) is 12.8 Å². The van der Waals surface area contributed by atoms with E-state index in [9.17, 15) is 4.79 Å². The molecule has 0 atom stereocenters. The Labute approximate surface area is 186 Å². The van der Waals surface area contributed by atoms with Crippen molar-refractivity contribution in [1.29, 1.82) is 0 Å². The maximum Gasteiger partial charge on any atom is 0.274 e. The fourth-order valence-corrected chi connectivity index (χ4v) is 3.56. The standard InChI is InChI=1S/C23H25N7O2/c31-23(29-19-14-25-7-6-20(19)30-11-9-24-10-12-30)18-5-8-26-22(28-18)17-3-4-21(27-13-17)32-15-16-1-2-16/h3-8,13-14,16,24H,1-2,9-12,15H2,(H,29,31). The highest BCUT2D eigenvalue weighted by atomic mass is 16.5. The van der Waals surface area contributed by atoms with E-state index in [0.29, 0.717) is 29.9 Å². The summed E-state index contributed by atoms with van der Waals surface area (Å²) >= 11 is 0. The number of nitrogens with zero attached hydrogens (tertiary/aromatic N) is 5. The molecule has 0 bridgehead atoms. The summed E-state index contributed by atoms with van der Waals surface area (Å²) in [6.07, 6.45) is 9.12. The third kappa shape index (κ3) is 4.83. The summed E-state index contributed by atoms with van der Waals surface area (Å²) in [5, 5.41) is 6.29. The molecule has 1 saturated heterocycles. The number of amides is 1. The molecule has 2 aliphatic rings. The second-order valence-corrected chi connectivity index (χ2v) is 7.99. The number of hydrogen-bond donors (Lipinski definition) is 2. The number of carbonyl (C=O) groups excluding carboxylic acids is 1. The Morgan fingerprint density at radius 2 is 1.97 bits per heavy atom. The van der Waals surface area contributed by atoms with E-state index in [0.717, 1.165) is 37.4 Å². The van der Waals surface area contributed by atoms with Gasteiger partial charge in [-0.25, -0.2) is 15.0 Å². The van der Waals surface area contributed by atoms with Crippen molar-refractivity contribution in [2.75, 3.05) is 43.0 Å². The van der Waals surface area contributed by atoms with Crippen LogP contribution < -0.4 is 20.3 Å². The van der Waals surface area contributed by atoms with E-state index in [1.165, 1.54) is 12.8 Å². The minimum absolute atomic E-state index is 0.277. The minimum Gasteiger partial charge on any atom is -0.477 e. The van der Waals surface area contributed by atoms with Crippen molar-refractivity contribution in [3.05, 3.63) is 54.7 Å². The number of aromatic nitrogens is 4. The number of rotatable bonds is 7. The van der Waals surface area contributed by atoms with Crippen LogP contribution in [0.25, 0.3) is 11.4 Å². The molecule has 1 aliphatic carbocycles. The SMILES string of the molecule is O=C(Nc1cnccc1N1CCNCC1)c1ccnc(-c2ccc(OCC3CC3)nc2)n1. The van der Waals surface area contributed by atoms with E-state index < -0.39 is 0 Å². The van der Waals surface area contributed by atoms with Crippen LogP contribution in [0.4, 0.5) is 11.4 Å². The largest absolute Gasteiger partial charge is 0.477 e. The second kappa shape index (κ2) is 9.27. The Bertz CT molecular complexity index is 1080. The van der Waals surface area contributed by atoms with Crippen molar-refractivity contribution in [2.24, 2.45) is 5.92 Å². The molecule has 9 heteroatoms. The van der Waals surface area contributed by atoms with Gasteiger partial charge in [0, 0.05) is 56.4 Å². The van der Waals surface area contributed by atoms with Gasteiger partial charge in [0.25, 0.3) is 5.91 Å². The number of anilines is 2. The first-order valence-electron chi connectivity index (χ1n) is 10.9. The Kier molecular flexibility index (Phi) is 5.89. The Morgan fingerprint density at radius 1 is 1.09 bits per heavy atom. The number of ether oxygens (including phenoxy) is 1. The molecular weight excluding hydrogens is 406 g/mol. The molecule has 2 N–H and O–H groups in total. The lowest BCUT2D eigenvalue weighted by Gasteiger charge is -2.30. The molecular formula is C23H25N7O2. The van der Waals surface area contributed by atoms with Gasteiger partial charge in [-0.15, -0.1) is 0 Å². The fourth-order valence-electron chi connectivity index (χ4n) is 3.56. The lowest BCUT2D eigenvalue weighted by molar-refractivity contribution is 0.102. The van der Waals surface area contributed by atoms with Gasteiger partial charge in [0.2, 0.25) is 5.88 Å². The maximum absolute atomic E-state index is 12.9. The predicted molar refractivity (Wildman–Crippen MR) is 121 cm³/mol. The van der Waals surface area contributed by atoms with Crippen molar-refractivity contribution >= 4 is 17.3 Å². The zero-order valence-electron chi connectivity index (χ0n) is 17.7. The smallest absolute Gasteiger partial charge is 0.274 e. The first kappa shape index (κ1) is 20.3. The van der Waals surface area contributed by atoms with Crippen LogP contribution in [-0.4, -0.2) is 58.6 Å². The molecule has 5 rings (SSSR count).